The minimum atomic E-state index is -0.463. The van der Waals surface area contributed by atoms with Crippen molar-refractivity contribution in [1.29, 1.82) is 0 Å². The Morgan fingerprint density at radius 2 is 1.80 bits per heavy atom. The molecule has 0 unspecified atom stereocenters. The number of aryl methyl sites for hydroxylation is 2. The number of carbonyl (C=O) groups is 2. The summed E-state index contributed by atoms with van der Waals surface area (Å²) in [4.78, 5) is 29.9. The van der Waals surface area contributed by atoms with E-state index in [-0.39, 0.29) is 18.9 Å². The van der Waals surface area contributed by atoms with E-state index in [0.29, 0.717) is 24.6 Å². The van der Waals surface area contributed by atoms with Crippen molar-refractivity contribution in [3.05, 3.63) is 76.2 Å². The first kappa shape index (κ1) is 21.8. The summed E-state index contributed by atoms with van der Waals surface area (Å²) in [5, 5.41) is 0. The summed E-state index contributed by atoms with van der Waals surface area (Å²) < 4.78 is 11.8. The maximum Gasteiger partial charge on any atom is 0.306 e. The molecule has 3 aromatic rings. The molecule has 1 amide bonds. The Balaban J connectivity index is 1.42. The molecule has 3 rings (SSSR count). The summed E-state index contributed by atoms with van der Waals surface area (Å²) in [6.45, 7) is 2.18. The van der Waals surface area contributed by atoms with E-state index >= 15 is 0 Å². The molecule has 0 aliphatic heterocycles. The quantitative estimate of drug-likeness (QED) is 0.451. The Labute approximate surface area is 184 Å². The number of amides is 1. The molecule has 0 radical (unpaired) electrons. The second-order valence-electron chi connectivity index (χ2n) is 7.02. The highest BCUT2D eigenvalue weighted by atomic mass is 79.9. The zero-order chi connectivity index (χ0) is 21.5. The number of likely N-dealkylation sites (N-methyl/N-ethyl adjacent to an activating group) is 1. The normalized spacial score (nSPS) is 10.6. The van der Waals surface area contributed by atoms with E-state index in [4.69, 9.17) is 9.15 Å². The third-order valence-electron chi connectivity index (χ3n) is 4.55. The maximum absolute atomic E-state index is 12.2. The number of carbonyl (C=O) groups excluding carboxylic acids is 2. The molecule has 0 fully saturated rings. The molecule has 0 aliphatic rings. The van der Waals surface area contributed by atoms with Crippen LogP contribution in [0, 0.1) is 6.92 Å². The van der Waals surface area contributed by atoms with Gasteiger partial charge in [-0.25, -0.2) is 4.98 Å². The van der Waals surface area contributed by atoms with E-state index < -0.39 is 5.97 Å². The van der Waals surface area contributed by atoms with Gasteiger partial charge in [-0.05, 0) is 24.6 Å². The molecule has 156 valence electrons. The van der Waals surface area contributed by atoms with Gasteiger partial charge in [-0.2, -0.15) is 0 Å². The highest BCUT2D eigenvalue weighted by Gasteiger charge is 2.14. The molecule has 0 atom stereocenters. The average molecular weight is 471 g/mol. The number of aromatic nitrogens is 1. The van der Waals surface area contributed by atoms with E-state index in [2.05, 4.69) is 20.9 Å². The van der Waals surface area contributed by atoms with Gasteiger partial charge in [-0.15, -0.1) is 0 Å². The minimum absolute atomic E-state index is 0.0948. The fourth-order valence-corrected chi connectivity index (χ4v) is 3.03. The molecule has 6 nitrogen and oxygen atoms in total. The molecule has 0 N–H and O–H groups in total. The summed E-state index contributed by atoms with van der Waals surface area (Å²) in [5.74, 6) is 0.392. The number of benzene rings is 2. The molecule has 0 saturated carbocycles. The first-order valence-electron chi connectivity index (χ1n) is 9.56. The molecular weight excluding hydrogens is 448 g/mol. The zero-order valence-electron chi connectivity index (χ0n) is 16.9. The Morgan fingerprint density at radius 3 is 2.50 bits per heavy atom. The van der Waals surface area contributed by atoms with Gasteiger partial charge in [0, 0.05) is 30.0 Å². The third-order valence-corrected chi connectivity index (χ3v) is 5.08. The summed E-state index contributed by atoms with van der Waals surface area (Å²) in [7, 11) is 1.68. The second kappa shape index (κ2) is 10.2. The van der Waals surface area contributed by atoms with Crippen LogP contribution in [-0.2, 0) is 27.3 Å². The van der Waals surface area contributed by atoms with Gasteiger partial charge in [0.05, 0.1) is 12.6 Å². The lowest BCUT2D eigenvalue weighted by Crippen LogP contribution is -2.30. The lowest BCUT2D eigenvalue weighted by atomic mass is 10.1. The van der Waals surface area contributed by atoms with Crippen LogP contribution >= 0.6 is 15.9 Å². The van der Waals surface area contributed by atoms with Gasteiger partial charge in [0.1, 0.15) is 0 Å². The first-order chi connectivity index (χ1) is 14.4. The highest BCUT2D eigenvalue weighted by Crippen LogP contribution is 2.21. The monoisotopic (exact) mass is 470 g/mol. The third kappa shape index (κ3) is 6.29. The molecule has 7 heteroatoms. The van der Waals surface area contributed by atoms with Crippen LogP contribution in [0.2, 0.25) is 0 Å². The topological polar surface area (TPSA) is 72.6 Å². The Bertz CT molecular complexity index is 997. The summed E-state index contributed by atoms with van der Waals surface area (Å²) in [6.07, 6.45) is 2.05. The number of rotatable bonds is 8. The SMILES string of the molecule is Cc1ccc(-c2cnc(CCC(=O)OCC(=O)N(C)Cc3ccc(Br)cc3)o2)cc1. The Kier molecular flexibility index (Phi) is 7.41. The van der Waals surface area contributed by atoms with Crippen LogP contribution < -0.4 is 0 Å². The van der Waals surface area contributed by atoms with Crippen molar-refractivity contribution in [2.24, 2.45) is 0 Å². The van der Waals surface area contributed by atoms with E-state index in [0.717, 1.165) is 15.6 Å². The average Bonchev–Trinajstić information content (AvgIpc) is 3.21. The van der Waals surface area contributed by atoms with Gasteiger partial charge in [0.2, 0.25) is 0 Å². The van der Waals surface area contributed by atoms with Gasteiger partial charge in [0.25, 0.3) is 5.91 Å². The highest BCUT2D eigenvalue weighted by molar-refractivity contribution is 9.10. The van der Waals surface area contributed by atoms with Gasteiger partial charge >= 0.3 is 5.97 Å². The van der Waals surface area contributed by atoms with Crippen LogP contribution in [0.3, 0.4) is 0 Å². The molecule has 0 spiro atoms. The van der Waals surface area contributed by atoms with Gasteiger partial charge < -0.3 is 14.1 Å². The zero-order valence-corrected chi connectivity index (χ0v) is 18.5. The fraction of sp³-hybridized carbons (Fsp3) is 0.261. The second-order valence-corrected chi connectivity index (χ2v) is 7.94. The van der Waals surface area contributed by atoms with E-state index in [9.17, 15) is 9.59 Å². The van der Waals surface area contributed by atoms with E-state index in [1.54, 1.807) is 13.2 Å². The van der Waals surface area contributed by atoms with Crippen LogP contribution in [0.4, 0.5) is 0 Å². The predicted molar refractivity (Wildman–Crippen MR) is 117 cm³/mol. The minimum Gasteiger partial charge on any atom is -0.456 e. The van der Waals surface area contributed by atoms with Gasteiger partial charge in [-0.1, -0.05) is 57.9 Å². The smallest absolute Gasteiger partial charge is 0.306 e. The molecule has 1 heterocycles. The Morgan fingerprint density at radius 1 is 1.10 bits per heavy atom. The van der Waals surface area contributed by atoms with Crippen LogP contribution in [0.25, 0.3) is 11.3 Å². The molecule has 0 aliphatic carbocycles. The van der Waals surface area contributed by atoms with E-state index in [1.807, 2.05) is 55.5 Å². The summed E-state index contributed by atoms with van der Waals surface area (Å²) in [6, 6.07) is 15.6. The van der Waals surface area contributed by atoms with Crippen LogP contribution in [0.1, 0.15) is 23.4 Å². The molecule has 0 saturated heterocycles. The van der Waals surface area contributed by atoms with Crippen molar-refractivity contribution >= 4 is 27.8 Å². The number of nitrogens with zero attached hydrogens (tertiary/aromatic N) is 2. The van der Waals surface area contributed by atoms with Crippen molar-refractivity contribution in [2.45, 2.75) is 26.3 Å². The van der Waals surface area contributed by atoms with Crippen molar-refractivity contribution < 1.29 is 18.7 Å². The predicted octanol–water partition coefficient (Wildman–Crippen LogP) is 4.55. The van der Waals surface area contributed by atoms with Crippen molar-refractivity contribution in [2.75, 3.05) is 13.7 Å². The first-order valence-corrected chi connectivity index (χ1v) is 10.4. The number of ether oxygens (including phenoxy) is 1. The number of hydrogen-bond donors (Lipinski definition) is 0. The summed E-state index contributed by atoms with van der Waals surface area (Å²) >= 11 is 3.38. The maximum atomic E-state index is 12.2. The fourth-order valence-electron chi connectivity index (χ4n) is 2.76. The molecule has 0 bridgehead atoms. The van der Waals surface area contributed by atoms with E-state index in [1.165, 1.54) is 10.5 Å². The molecule has 30 heavy (non-hydrogen) atoms. The number of oxazole rings is 1. The van der Waals surface area contributed by atoms with Crippen molar-refractivity contribution in [1.82, 2.24) is 9.88 Å². The Hall–Kier alpha value is -2.93. The largest absolute Gasteiger partial charge is 0.456 e. The lowest BCUT2D eigenvalue weighted by Gasteiger charge is -2.17. The summed E-state index contributed by atoms with van der Waals surface area (Å²) in [5.41, 5.74) is 3.09. The van der Waals surface area contributed by atoms with Gasteiger partial charge in [-0.3, -0.25) is 9.59 Å². The number of esters is 1. The number of hydrogen-bond acceptors (Lipinski definition) is 5. The van der Waals surface area contributed by atoms with Crippen molar-refractivity contribution in [3.63, 3.8) is 0 Å². The number of halogens is 1. The van der Waals surface area contributed by atoms with Crippen LogP contribution in [-0.4, -0.2) is 35.4 Å². The van der Waals surface area contributed by atoms with Gasteiger partial charge in [0.15, 0.2) is 18.3 Å². The van der Waals surface area contributed by atoms with Crippen LogP contribution in [0.5, 0.6) is 0 Å². The van der Waals surface area contributed by atoms with Crippen molar-refractivity contribution in [3.8, 4) is 11.3 Å². The molecule has 2 aromatic carbocycles. The van der Waals surface area contributed by atoms with Crippen LogP contribution in [0.15, 0.2) is 63.6 Å². The lowest BCUT2D eigenvalue weighted by molar-refractivity contribution is -0.151. The molecular formula is C23H23BrN2O4. The standard InChI is InChI=1S/C23H23BrN2O4/c1-16-3-7-18(8-4-16)20-13-25-21(30-20)11-12-23(28)29-15-22(27)26(2)14-17-5-9-19(24)10-6-17/h3-10,13H,11-12,14-15H2,1-2H3. The molecule has 1 aromatic heterocycles.